The minimum Gasteiger partial charge on any atom is -0.460 e. The second kappa shape index (κ2) is 13.1. The molecule has 0 aliphatic carbocycles. The lowest BCUT2D eigenvalue weighted by molar-refractivity contribution is -0.179. The van der Waals surface area contributed by atoms with Crippen LogP contribution in [0.15, 0.2) is 10.5 Å². The van der Waals surface area contributed by atoms with Gasteiger partial charge in [0, 0.05) is 18.3 Å². The molecule has 2 heterocycles. The number of oxime groups is 1. The van der Waals surface area contributed by atoms with Crippen LogP contribution in [0.1, 0.15) is 79.4 Å². The minimum absolute atomic E-state index is 0.0927. The maximum Gasteiger partial charge on any atom is 0.353 e. The molecule has 0 radical (unpaired) electrons. The van der Waals surface area contributed by atoms with Gasteiger partial charge in [-0.2, -0.15) is 0 Å². The first-order chi connectivity index (χ1) is 18.7. The molecule has 228 valence electrons. The van der Waals surface area contributed by atoms with Gasteiger partial charge in [0.2, 0.25) is 17.4 Å². The van der Waals surface area contributed by atoms with Crippen LogP contribution in [0, 0.1) is 5.92 Å². The highest BCUT2D eigenvalue weighted by Crippen LogP contribution is 2.23. The molecule has 0 bridgehead atoms. The van der Waals surface area contributed by atoms with E-state index in [1.54, 1.807) is 41.5 Å². The second-order valence-electron chi connectivity index (χ2n) is 12.3. The van der Waals surface area contributed by atoms with Crippen LogP contribution in [0.4, 0.5) is 0 Å². The molecule has 3 atom stereocenters. The molecule has 1 aliphatic heterocycles. The largest absolute Gasteiger partial charge is 0.460 e. The quantitative estimate of drug-likeness (QED) is 0.138. The Morgan fingerprint density at radius 3 is 2.24 bits per heavy atom. The number of nitrogens with zero attached hydrogens (tertiary/aromatic N) is 2. The summed E-state index contributed by atoms with van der Waals surface area (Å²) in [6.45, 7) is 14.9. The Hall–Kier alpha value is -3.39. The van der Waals surface area contributed by atoms with Crippen LogP contribution in [0.5, 0.6) is 0 Å². The van der Waals surface area contributed by atoms with Gasteiger partial charge in [0.1, 0.15) is 21.9 Å². The number of esters is 2. The highest BCUT2D eigenvalue weighted by molar-refractivity contribution is 7.10. The number of aromatic nitrogens is 1. The number of thiazole rings is 1. The molecular formula is C27H41N5O8S. The van der Waals surface area contributed by atoms with Crippen LogP contribution in [-0.2, 0) is 44.7 Å². The van der Waals surface area contributed by atoms with Crippen LogP contribution in [0.3, 0.4) is 0 Å². The summed E-state index contributed by atoms with van der Waals surface area (Å²) in [5.74, 6) is -3.28. The number of nitrogens with one attached hydrogen (secondary N) is 2. The summed E-state index contributed by atoms with van der Waals surface area (Å²) in [4.78, 5) is 72.5. The first-order valence-corrected chi connectivity index (χ1v) is 14.1. The molecule has 2 rings (SSSR count). The molecule has 4 N–H and O–H groups in total. The monoisotopic (exact) mass is 595 g/mol. The van der Waals surface area contributed by atoms with Gasteiger partial charge >= 0.3 is 11.9 Å². The van der Waals surface area contributed by atoms with Gasteiger partial charge in [-0.25, -0.2) is 9.78 Å². The number of nitrogens with two attached hydrogens (primary N) is 1. The Kier molecular flexibility index (Phi) is 10.8. The van der Waals surface area contributed by atoms with Crippen molar-refractivity contribution in [3.05, 3.63) is 16.1 Å². The Morgan fingerprint density at radius 2 is 1.71 bits per heavy atom. The summed E-state index contributed by atoms with van der Waals surface area (Å²) in [5, 5.41) is 11.2. The lowest BCUT2D eigenvalue weighted by Gasteiger charge is -2.36. The minimum atomic E-state index is -1.56. The van der Waals surface area contributed by atoms with E-state index in [-0.39, 0.29) is 36.7 Å². The van der Waals surface area contributed by atoms with Gasteiger partial charge in [0.05, 0.1) is 24.4 Å². The van der Waals surface area contributed by atoms with Crippen molar-refractivity contribution in [1.29, 1.82) is 0 Å². The van der Waals surface area contributed by atoms with E-state index in [1.165, 1.54) is 26.2 Å². The summed E-state index contributed by atoms with van der Waals surface area (Å²) in [5.41, 5.74) is 2.42. The fourth-order valence-corrected chi connectivity index (χ4v) is 4.18. The van der Waals surface area contributed by atoms with E-state index in [0.717, 1.165) is 11.3 Å². The maximum absolute atomic E-state index is 13.5. The highest BCUT2D eigenvalue weighted by Gasteiger charge is 2.42. The normalized spacial score (nSPS) is 18.5. The van der Waals surface area contributed by atoms with Crippen molar-refractivity contribution >= 4 is 46.6 Å². The predicted molar refractivity (Wildman–Crippen MR) is 151 cm³/mol. The number of carbonyl (C=O) groups is 5. The van der Waals surface area contributed by atoms with Gasteiger partial charge in [-0.15, -0.1) is 11.3 Å². The van der Waals surface area contributed by atoms with E-state index in [1.807, 2.05) is 0 Å². The van der Waals surface area contributed by atoms with E-state index in [9.17, 15) is 24.0 Å². The highest BCUT2D eigenvalue weighted by atomic mass is 32.1. The third-order valence-electron chi connectivity index (χ3n) is 5.49. The molecule has 41 heavy (non-hydrogen) atoms. The fraction of sp³-hybridized carbons (Fsp3) is 0.667. The zero-order valence-electron chi connectivity index (χ0n) is 25.1. The Bertz CT molecular complexity index is 1190. The third-order valence-corrected chi connectivity index (χ3v) is 6.34. The topological polar surface area (TPSA) is 188 Å². The van der Waals surface area contributed by atoms with E-state index in [2.05, 4.69) is 20.8 Å². The fourth-order valence-electron chi connectivity index (χ4n) is 3.41. The number of ketones is 1. The van der Waals surface area contributed by atoms with Crippen molar-refractivity contribution in [3.63, 3.8) is 0 Å². The average molecular weight is 596 g/mol. The van der Waals surface area contributed by atoms with Crippen molar-refractivity contribution in [2.45, 2.75) is 104 Å². The van der Waals surface area contributed by atoms with Crippen molar-refractivity contribution in [2.24, 2.45) is 16.8 Å². The van der Waals surface area contributed by atoms with Gasteiger partial charge in [0.15, 0.2) is 11.5 Å². The molecule has 0 saturated carbocycles. The van der Waals surface area contributed by atoms with Crippen LogP contribution in [0.2, 0.25) is 0 Å². The molecule has 0 aromatic carbocycles. The molecule has 13 nitrogen and oxygen atoms in total. The van der Waals surface area contributed by atoms with E-state index < -0.39 is 58.4 Å². The van der Waals surface area contributed by atoms with Gasteiger partial charge in [0.25, 0.3) is 0 Å². The van der Waals surface area contributed by atoms with Crippen molar-refractivity contribution in [3.8, 4) is 0 Å². The first kappa shape index (κ1) is 33.8. The number of β-lactam (4-membered cyclic amide) rings is 1. The summed E-state index contributed by atoms with van der Waals surface area (Å²) in [7, 11) is 0. The van der Waals surface area contributed by atoms with Gasteiger partial charge in [-0.1, -0.05) is 5.16 Å². The zero-order valence-corrected chi connectivity index (χ0v) is 25.9. The summed E-state index contributed by atoms with van der Waals surface area (Å²) in [6, 6.07) is -1.22. The van der Waals surface area contributed by atoms with Crippen molar-refractivity contribution < 1.29 is 38.3 Å². The number of Topliss-reactive ketones (excluding diaryl/α,β-unsaturated/α-hetero) is 1. The zero-order chi connectivity index (χ0) is 31.3. The molecule has 1 aliphatic rings. The standard InChI is InChI=1S/C27H41N5O8S/c1-14(28)22(35)29-12-16-15(23(36)31-16)10-18(33)21(32-40-27(8,9)24(37)39-26(5,6)7)17-13-41-19(30-17)11-20(34)38-25(2,3)4/h13-16H,10-12,28H2,1-9H3,(H,29,35)(H,31,36)/b32-21-/t14-,15+,16-/m1/s1. The second-order valence-corrected chi connectivity index (χ2v) is 13.3. The smallest absolute Gasteiger partial charge is 0.353 e. The average Bonchev–Trinajstić information content (AvgIpc) is 3.25. The molecule has 0 spiro atoms. The maximum atomic E-state index is 13.5. The van der Waals surface area contributed by atoms with Gasteiger partial charge in [-0.3, -0.25) is 19.2 Å². The lowest BCUT2D eigenvalue weighted by atomic mass is 9.84. The van der Waals surface area contributed by atoms with Crippen molar-refractivity contribution in [2.75, 3.05) is 6.54 Å². The van der Waals surface area contributed by atoms with Gasteiger partial charge in [-0.05, 0) is 62.3 Å². The molecular weight excluding hydrogens is 554 g/mol. The number of hydrogen-bond donors (Lipinski definition) is 3. The van der Waals surface area contributed by atoms with E-state index >= 15 is 0 Å². The number of hydrogen-bond acceptors (Lipinski definition) is 12. The SMILES string of the molecule is C[C@@H](N)C(=O)NC[C@H]1NC(=O)[C@H]1CC(=O)/C(=N\OC(C)(C)C(=O)OC(C)(C)C)c1csc(CC(=O)OC(C)(C)C)n1. The molecule has 2 amide bonds. The Labute approximate surface area is 243 Å². The molecule has 1 fully saturated rings. The summed E-state index contributed by atoms with van der Waals surface area (Å²) in [6.07, 6.45) is -0.390. The first-order valence-electron chi connectivity index (χ1n) is 13.2. The number of carbonyl (C=O) groups excluding carboxylic acids is 5. The summed E-state index contributed by atoms with van der Waals surface area (Å²) < 4.78 is 10.7. The summed E-state index contributed by atoms with van der Waals surface area (Å²) >= 11 is 1.12. The van der Waals surface area contributed by atoms with E-state index in [4.69, 9.17) is 20.0 Å². The van der Waals surface area contributed by atoms with Crippen LogP contribution in [-0.4, -0.2) is 75.7 Å². The molecule has 1 aromatic heterocycles. The van der Waals surface area contributed by atoms with E-state index in [0.29, 0.717) is 5.01 Å². The number of rotatable bonds is 12. The lowest BCUT2D eigenvalue weighted by Crippen LogP contribution is -2.63. The molecule has 14 heteroatoms. The van der Waals surface area contributed by atoms with Crippen LogP contribution < -0.4 is 16.4 Å². The predicted octanol–water partition coefficient (Wildman–Crippen LogP) is 1.41. The van der Waals surface area contributed by atoms with Crippen LogP contribution in [0.25, 0.3) is 0 Å². The number of ether oxygens (including phenoxy) is 2. The number of amides is 2. The Balaban J connectivity index is 2.29. The molecule has 1 saturated heterocycles. The molecule has 0 unspecified atom stereocenters. The Morgan fingerprint density at radius 1 is 1.10 bits per heavy atom. The molecule has 1 aromatic rings. The van der Waals surface area contributed by atoms with Crippen LogP contribution >= 0.6 is 11.3 Å². The third kappa shape index (κ3) is 10.5. The van der Waals surface area contributed by atoms with Gasteiger partial charge < -0.3 is 30.7 Å². The van der Waals surface area contributed by atoms with Crippen molar-refractivity contribution in [1.82, 2.24) is 15.6 Å².